The molecule has 11 heteroatoms. The summed E-state index contributed by atoms with van der Waals surface area (Å²) in [5.41, 5.74) is 6.91. The lowest BCUT2D eigenvalue weighted by molar-refractivity contribution is 0.0953. The molecule has 0 unspecified atom stereocenters. The molecule has 1 aliphatic carbocycles. The summed E-state index contributed by atoms with van der Waals surface area (Å²) in [6.45, 7) is 5.46. The zero-order chi connectivity index (χ0) is 27.0. The van der Waals surface area contributed by atoms with E-state index in [9.17, 15) is 14.4 Å². The van der Waals surface area contributed by atoms with Crippen molar-refractivity contribution in [1.29, 1.82) is 0 Å². The average molecular weight is 519 g/mol. The highest BCUT2D eigenvalue weighted by atomic mass is 16.2. The first kappa shape index (κ1) is 25.7. The second-order valence-corrected chi connectivity index (χ2v) is 10.3. The number of nitrogens with zero attached hydrogens (tertiary/aromatic N) is 6. The SMILES string of the molecule is CC#CCn1c(N2CCC[C@@H](N)C2)c(C(=O)NCC2CC2)c2c1c(=O)n(Cc1nccc(C)n1)c(=O)n2C. The van der Waals surface area contributed by atoms with Gasteiger partial charge in [0.1, 0.15) is 22.7 Å². The Bertz CT molecular complexity index is 1570. The van der Waals surface area contributed by atoms with Crippen molar-refractivity contribution in [2.24, 2.45) is 18.7 Å². The van der Waals surface area contributed by atoms with E-state index in [1.807, 2.05) is 6.92 Å². The zero-order valence-electron chi connectivity index (χ0n) is 22.2. The molecule has 1 aliphatic heterocycles. The van der Waals surface area contributed by atoms with E-state index in [1.54, 1.807) is 30.8 Å². The van der Waals surface area contributed by atoms with E-state index in [2.05, 4.69) is 32.0 Å². The van der Waals surface area contributed by atoms with E-state index in [0.717, 1.165) is 35.9 Å². The highest BCUT2D eigenvalue weighted by Gasteiger charge is 2.33. The van der Waals surface area contributed by atoms with E-state index in [1.165, 1.54) is 4.57 Å². The second-order valence-electron chi connectivity index (χ2n) is 10.3. The monoisotopic (exact) mass is 518 g/mol. The van der Waals surface area contributed by atoms with Crippen LogP contribution in [0, 0.1) is 24.7 Å². The molecule has 0 bridgehead atoms. The molecule has 3 aromatic heterocycles. The Kier molecular flexibility index (Phi) is 7.08. The van der Waals surface area contributed by atoms with Crippen molar-refractivity contribution in [2.75, 3.05) is 24.5 Å². The molecule has 1 saturated heterocycles. The number of nitrogens with one attached hydrogen (secondary N) is 1. The van der Waals surface area contributed by atoms with Crippen molar-refractivity contribution in [2.45, 2.75) is 58.7 Å². The number of rotatable bonds is 7. The van der Waals surface area contributed by atoms with Crippen molar-refractivity contribution in [3.63, 3.8) is 0 Å². The number of nitrogens with two attached hydrogens (primary N) is 1. The van der Waals surface area contributed by atoms with Gasteiger partial charge in [0, 0.05) is 44.6 Å². The van der Waals surface area contributed by atoms with Crippen LogP contribution < -0.4 is 27.2 Å². The van der Waals surface area contributed by atoms with Crippen LogP contribution in [0.2, 0.25) is 0 Å². The Morgan fingerprint density at radius 3 is 2.68 bits per heavy atom. The van der Waals surface area contributed by atoms with Crippen LogP contribution in [-0.2, 0) is 20.1 Å². The van der Waals surface area contributed by atoms with E-state index in [-0.39, 0.29) is 30.6 Å². The number of hydrogen-bond donors (Lipinski definition) is 2. The minimum absolute atomic E-state index is 0.0613. The van der Waals surface area contributed by atoms with Gasteiger partial charge in [-0.05, 0) is 51.5 Å². The fourth-order valence-electron chi connectivity index (χ4n) is 5.19. The summed E-state index contributed by atoms with van der Waals surface area (Å²) in [5, 5.41) is 3.05. The van der Waals surface area contributed by atoms with Gasteiger partial charge in [0.25, 0.3) is 11.5 Å². The van der Waals surface area contributed by atoms with Gasteiger partial charge in [0.15, 0.2) is 0 Å². The molecule has 2 fully saturated rings. The van der Waals surface area contributed by atoms with Gasteiger partial charge in [0.2, 0.25) is 0 Å². The van der Waals surface area contributed by atoms with Crippen LogP contribution in [-0.4, -0.2) is 55.3 Å². The number of aromatic nitrogens is 5. The lowest BCUT2D eigenvalue weighted by Gasteiger charge is -2.33. The maximum Gasteiger partial charge on any atom is 0.331 e. The van der Waals surface area contributed by atoms with Gasteiger partial charge < -0.3 is 20.5 Å². The predicted octanol–water partition coefficient (Wildman–Crippen LogP) is 0.739. The van der Waals surface area contributed by atoms with Crippen LogP contribution in [0.5, 0.6) is 0 Å². The third-order valence-electron chi connectivity index (χ3n) is 7.30. The second kappa shape index (κ2) is 10.5. The summed E-state index contributed by atoms with van der Waals surface area (Å²) in [7, 11) is 1.59. The lowest BCUT2D eigenvalue weighted by atomic mass is 10.1. The zero-order valence-corrected chi connectivity index (χ0v) is 22.2. The first-order valence-electron chi connectivity index (χ1n) is 13.1. The van der Waals surface area contributed by atoms with Crippen LogP contribution in [0.15, 0.2) is 21.9 Å². The van der Waals surface area contributed by atoms with Gasteiger partial charge in [-0.3, -0.25) is 18.7 Å². The first-order chi connectivity index (χ1) is 18.3. The Morgan fingerprint density at radius 1 is 1.21 bits per heavy atom. The Morgan fingerprint density at radius 2 is 2.00 bits per heavy atom. The third kappa shape index (κ3) is 4.84. The number of anilines is 1. The summed E-state index contributed by atoms with van der Waals surface area (Å²) in [6, 6.07) is 1.69. The molecule has 3 N–H and O–H groups in total. The quantitative estimate of drug-likeness (QED) is 0.441. The molecule has 2 aliphatic rings. The van der Waals surface area contributed by atoms with Crippen LogP contribution >= 0.6 is 0 Å². The summed E-state index contributed by atoms with van der Waals surface area (Å²) < 4.78 is 4.30. The molecule has 11 nitrogen and oxygen atoms in total. The minimum atomic E-state index is -0.538. The summed E-state index contributed by atoms with van der Waals surface area (Å²) >= 11 is 0. The van der Waals surface area contributed by atoms with Crippen molar-refractivity contribution in [3.05, 3.63) is 50.2 Å². The number of hydrogen-bond acceptors (Lipinski definition) is 7. The van der Waals surface area contributed by atoms with E-state index < -0.39 is 11.2 Å². The van der Waals surface area contributed by atoms with Gasteiger partial charge in [-0.25, -0.2) is 14.8 Å². The van der Waals surface area contributed by atoms with Crippen LogP contribution in [0.1, 0.15) is 54.5 Å². The molecule has 3 aromatic rings. The normalized spacial score (nSPS) is 17.4. The fraction of sp³-hybridized carbons (Fsp3) is 0.519. The highest BCUT2D eigenvalue weighted by molar-refractivity contribution is 6.11. The molecule has 200 valence electrons. The summed E-state index contributed by atoms with van der Waals surface area (Å²) in [5.74, 6) is 7.08. The van der Waals surface area contributed by atoms with Crippen LogP contribution in [0.3, 0.4) is 0 Å². The third-order valence-corrected chi connectivity index (χ3v) is 7.30. The molecule has 4 heterocycles. The Hall–Kier alpha value is -3.91. The summed E-state index contributed by atoms with van der Waals surface area (Å²) in [6.07, 6.45) is 5.53. The van der Waals surface area contributed by atoms with Gasteiger partial charge in [0.05, 0.1) is 18.6 Å². The van der Waals surface area contributed by atoms with Crippen molar-refractivity contribution in [1.82, 2.24) is 29.0 Å². The minimum Gasteiger partial charge on any atom is -0.356 e. The largest absolute Gasteiger partial charge is 0.356 e. The number of amides is 1. The van der Waals surface area contributed by atoms with E-state index in [4.69, 9.17) is 5.73 Å². The molecular formula is C27H34N8O3. The van der Waals surface area contributed by atoms with Gasteiger partial charge in [-0.15, -0.1) is 5.92 Å². The van der Waals surface area contributed by atoms with Gasteiger partial charge in [-0.1, -0.05) is 5.92 Å². The average Bonchev–Trinajstić information content (AvgIpc) is 3.66. The number of aryl methyl sites for hydroxylation is 2. The Balaban J connectivity index is 1.78. The number of carbonyl (C=O) groups excluding carboxylic acids is 1. The first-order valence-corrected chi connectivity index (χ1v) is 13.1. The molecule has 0 aromatic carbocycles. The maximum atomic E-state index is 14.0. The fourth-order valence-corrected chi connectivity index (χ4v) is 5.19. The molecular weight excluding hydrogens is 484 g/mol. The highest BCUT2D eigenvalue weighted by Crippen LogP contribution is 2.33. The van der Waals surface area contributed by atoms with Crippen LogP contribution in [0.4, 0.5) is 5.82 Å². The summed E-state index contributed by atoms with van der Waals surface area (Å²) in [4.78, 5) is 52.0. The predicted molar refractivity (Wildman–Crippen MR) is 145 cm³/mol. The van der Waals surface area contributed by atoms with Gasteiger partial charge in [-0.2, -0.15) is 0 Å². The smallest absolute Gasteiger partial charge is 0.331 e. The number of fused-ring (bicyclic) bond motifs is 1. The van der Waals surface area contributed by atoms with Gasteiger partial charge >= 0.3 is 5.69 Å². The molecule has 38 heavy (non-hydrogen) atoms. The van der Waals surface area contributed by atoms with Crippen LogP contribution in [0.25, 0.3) is 11.0 Å². The number of piperidine rings is 1. The van der Waals surface area contributed by atoms with Crippen molar-refractivity contribution in [3.8, 4) is 11.8 Å². The molecule has 0 radical (unpaired) electrons. The lowest BCUT2D eigenvalue weighted by Crippen LogP contribution is -2.44. The maximum absolute atomic E-state index is 14.0. The van der Waals surface area contributed by atoms with E-state index >= 15 is 0 Å². The molecule has 1 saturated carbocycles. The standard InChI is InChI=1S/C27H34N8O3/c1-4-5-13-34-23-22(32(3)27(38)35(26(23)37)16-20-29-11-10-17(2)31-20)21(24(36)30-14-18-8-9-18)25(34)33-12-6-7-19(28)15-33/h10-11,18-19H,6-9,12-16,28H2,1-3H3,(H,30,36)/t19-/m1/s1. The molecule has 5 rings (SSSR count). The van der Waals surface area contributed by atoms with Crippen molar-refractivity contribution < 1.29 is 4.79 Å². The molecule has 1 atom stereocenters. The van der Waals surface area contributed by atoms with E-state index in [0.29, 0.717) is 48.3 Å². The van der Waals surface area contributed by atoms with Crippen molar-refractivity contribution >= 4 is 22.8 Å². The Labute approximate surface area is 220 Å². The topological polar surface area (TPSA) is 133 Å². The number of carbonyl (C=O) groups is 1. The molecule has 1 amide bonds. The molecule has 0 spiro atoms.